The molecule has 0 saturated carbocycles. The fraction of sp³-hybridized carbons (Fsp3) is 0.316. The van der Waals surface area contributed by atoms with Crippen molar-refractivity contribution in [2.45, 2.75) is 19.9 Å². The van der Waals surface area contributed by atoms with Crippen LogP contribution in [0.3, 0.4) is 0 Å². The molecule has 1 N–H and O–H groups in total. The molecule has 0 radical (unpaired) electrons. The van der Waals surface area contributed by atoms with Crippen LogP contribution in [-0.2, 0) is 11.3 Å². The van der Waals surface area contributed by atoms with E-state index in [2.05, 4.69) is 30.8 Å². The van der Waals surface area contributed by atoms with Gasteiger partial charge in [-0.25, -0.2) is 9.97 Å². The Morgan fingerprint density at radius 1 is 1.46 bits per heavy atom. The van der Waals surface area contributed by atoms with Crippen molar-refractivity contribution in [3.63, 3.8) is 0 Å². The lowest BCUT2D eigenvalue weighted by Gasteiger charge is -2.14. The van der Waals surface area contributed by atoms with Gasteiger partial charge in [0.2, 0.25) is 11.6 Å². The number of nitrogens with zero attached hydrogens (tertiary/aromatic N) is 3. The van der Waals surface area contributed by atoms with Gasteiger partial charge in [0.25, 0.3) is 0 Å². The fourth-order valence-electron chi connectivity index (χ4n) is 3.34. The Morgan fingerprint density at radius 3 is 3.08 bits per heavy atom. The van der Waals surface area contributed by atoms with E-state index in [0.717, 1.165) is 27.7 Å². The first-order valence-electron chi connectivity index (χ1n) is 8.47. The molecule has 7 heteroatoms. The number of fused-ring (bicyclic) bond motifs is 1. The minimum atomic E-state index is -0.716. The molecule has 1 aliphatic heterocycles. The summed E-state index contributed by atoms with van der Waals surface area (Å²) >= 11 is 3.53. The maximum Gasteiger partial charge on any atom is 0.307 e. The Morgan fingerprint density at radius 2 is 2.31 bits per heavy atom. The van der Waals surface area contributed by atoms with Gasteiger partial charge in [0.05, 0.1) is 5.92 Å². The monoisotopic (exact) mass is 415 g/mol. The zero-order valence-corrected chi connectivity index (χ0v) is 15.9. The molecular weight excluding hydrogens is 398 g/mol. The van der Waals surface area contributed by atoms with Crippen molar-refractivity contribution in [3.8, 4) is 11.5 Å². The highest BCUT2D eigenvalue weighted by atomic mass is 79.9. The van der Waals surface area contributed by atoms with E-state index in [1.165, 1.54) is 0 Å². The van der Waals surface area contributed by atoms with E-state index < -0.39 is 5.97 Å². The van der Waals surface area contributed by atoms with Crippen LogP contribution in [0.4, 0.5) is 0 Å². The van der Waals surface area contributed by atoms with Gasteiger partial charge in [0.1, 0.15) is 5.52 Å². The highest BCUT2D eigenvalue weighted by Crippen LogP contribution is 2.30. The van der Waals surface area contributed by atoms with Crippen LogP contribution in [0.1, 0.15) is 17.5 Å². The molecule has 0 spiro atoms. The van der Waals surface area contributed by atoms with E-state index in [-0.39, 0.29) is 5.92 Å². The van der Waals surface area contributed by atoms with Gasteiger partial charge >= 0.3 is 5.97 Å². The van der Waals surface area contributed by atoms with Gasteiger partial charge in [-0.05, 0) is 49.2 Å². The standard InChI is InChI=1S/C19H18BrN3O3/c1-11-14(3-2-4-15(11)20)17-22-16-7-12(8-21-18(16)26-17)9-23-6-5-13(10-23)19(24)25/h2-4,7-8,13H,5-6,9-10H2,1H3,(H,24,25). The number of carboxylic acids is 1. The van der Waals surface area contributed by atoms with Gasteiger partial charge in [0, 0.05) is 29.3 Å². The predicted molar refractivity (Wildman–Crippen MR) is 101 cm³/mol. The van der Waals surface area contributed by atoms with E-state index in [1.54, 1.807) is 6.20 Å². The molecule has 1 aliphatic rings. The SMILES string of the molecule is Cc1c(Br)cccc1-c1nc2cc(CN3CCC(C(=O)O)C3)cnc2o1. The van der Waals surface area contributed by atoms with Crippen molar-refractivity contribution >= 4 is 33.1 Å². The van der Waals surface area contributed by atoms with Crippen molar-refractivity contribution in [1.82, 2.24) is 14.9 Å². The molecule has 0 amide bonds. The number of hydrogen-bond acceptors (Lipinski definition) is 5. The Kier molecular flexibility index (Phi) is 4.50. The van der Waals surface area contributed by atoms with Crippen LogP contribution in [0.5, 0.6) is 0 Å². The Labute approximate surface area is 159 Å². The molecule has 1 fully saturated rings. The minimum Gasteiger partial charge on any atom is -0.481 e. The summed E-state index contributed by atoms with van der Waals surface area (Å²) in [4.78, 5) is 22.2. The normalized spacial score (nSPS) is 17.8. The van der Waals surface area contributed by atoms with E-state index >= 15 is 0 Å². The summed E-state index contributed by atoms with van der Waals surface area (Å²) in [7, 11) is 0. The minimum absolute atomic E-state index is 0.273. The van der Waals surface area contributed by atoms with Crippen LogP contribution >= 0.6 is 15.9 Å². The number of rotatable bonds is 4. The molecule has 3 aromatic rings. The second-order valence-electron chi connectivity index (χ2n) is 6.66. The Hall–Kier alpha value is -2.25. The summed E-state index contributed by atoms with van der Waals surface area (Å²) in [6.07, 6.45) is 2.47. The molecule has 0 bridgehead atoms. The third-order valence-electron chi connectivity index (χ3n) is 4.83. The van der Waals surface area contributed by atoms with Gasteiger partial charge in [-0.2, -0.15) is 0 Å². The zero-order chi connectivity index (χ0) is 18.3. The molecule has 1 unspecified atom stereocenters. The number of likely N-dealkylation sites (tertiary alicyclic amines) is 1. The summed E-state index contributed by atoms with van der Waals surface area (Å²) < 4.78 is 6.84. The number of carboxylic acid groups (broad SMARTS) is 1. The largest absolute Gasteiger partial charge is 0.481 e. The smallest absolute Gasteiger partial charge is 0.307 e. The summed E-state index contributed by atoms with van der Waals surface area (Å²) in [5.74, 6) is -0.438. The molecule has 0 aliphatic carbocycles. The number of aromatic nitrogens is 2. The number of hydrogen-bond donors (Lipinski definition) is 1. The van der Waals surface area contributed by atoms with Gasteiger partial charge in [0.15, 0.2) is 0 Å². The Bertz CT molecular complexity index is 985. The number of benzene rings is 1. The third kappa shape index (κ3) is 3.24. The van der Waals surface area contributed by atoms with Gasteiger partial charge < -0.3 is 9.52 Å². The van der Waals surface area contributed by atoms with Crippen molar-refractivity contribution in [2.75, 3.05) is 13.1 Å². The molecule has 26 heavy (non-hydrogen) atoms. The van der Waals surface area contributed by atoms with Crippen LogP contribution in [0, 0.1) is 12.8 Å². The lowest BCUT2D eigenvalue weighted by molar-refractivity contribution is -0.141. The van der Waals surface area contributed by atoms with Gasteiger partial charge in [-0.3, -0.25) is 9.69 Å². The van der Waals surface area contributed by atoms with Crippen molar-refractivity contribution < 1.29 is 14.3 Å². The summed E-state index contributed by atoms with van der Waals surface area (Å²) in [5.41, 5.74) is 4.23. The molecule has 1 atom stereocenters. The topological polar surface area (TPSA) is 79.5 Å². The quantitative estimate of drug-likeness (QED) is 0.696. The van der Waals surface area contributed by atoms with E-state index in [1.807, 2.05) is 31.2 Å². The number of halogens is 1. The maximum absolute atomic E-state index is 11.1. The summed E-state index contributed by atoms with van der Waals surface area (Å²) in [6, 6.07) is 7.88. The summed E-state index contributed by atoms with van der Waals surface area (Å²) in [5, 5.41) is 9.13. The first kappa shape index (κ1) is 17.2. The second kappa shape index (κ2) is 6.81. The molecular formula is C19H18BrN3O3. The number of carbonyl (C=O) groups is 1. The van der Waals surface area contributed by atoms with Crippen LogP contribution in [0.25, 0.3) is 22.7 Å². The lowest BCUT2D eigenvalue weighted by atomic mass is 10.1. The summed E-state index contributed by atoms with van der Waals surface area (Å²) in [6.45, 7) is 4.05. The molecule has 6 nitrogen and oxygen atoms in total. The number of aliphatic carboxylic acids is 1. The van der Waals surface area contributed by atoms with Crippen LogP contribution < -0.4 is 0 Å². The molecule has 3 heterocycles. The van der Waals surface area contributed by atoms with Crippen LogP contribution in [0.15, 0.2) is 39.4 Å². The second-order valence-corrected chi connectivity index (χ2v) is 7.51. The fourth-order valence-corrected chi connectivity index (χ4v) is 3.71. The van der Waals surface area contributed by atoms with Crippen LogP contribution in [-0.4, -0.2) is 39.0 Å². The maximum atomic E-state index is 11.1. The van der Waals surface area contributed by atoms with E-state index in [0.29, 0.717) is 36.6 Å². The predicted octanol–water partition coefficient (Wildman–Crippen LogP) is 3.87. The van der Waals surface area contributed by atoms with Crippen LogP contribution in [0.2, 0.25) is 0 Å². The first-order chi connectivity index (χ1) is 12.5. The number of oxazole rings is 1. The van der Waals surface area contributed by atoms with Crippen molar-refractivity contribution in [1.29, 1.82) is 0 Å². The Balaban J connectivity index is 1.58. The first-order valence-corrected chi connectivity index (χ1v) is 9.26. The lowest BCUT2D eigenvalue weighted by Crippen LogP contribution is -2.22. The number of pyridine rings is 1. The average Bonchev–Trinajstić information content (AvgIpc) is 3.24. The van der Waals surface area contributed by atoms with Crippen molar-refractivity contribution in [2.24, 2.45) is 5.92 Å². The molecule has 134 valence electrons. The zero-order valence-electron chi connectivity index (χ0n) is 14.3. The molecule has 1 aromatic carbocycles. The molecule has 4 rings (SSSR count). The van der Waals surface area contributed by atoms with Crippen molar-refractivity contribution in [3.05, 3.63) is 46.1 Å². The van der Waals surface area contributed by atoms with Gasteiger partial charge in [-0.1, -0.05) is 22.0 Å². The average molecular weight is 416 g/mol. The van der Waals surface area contributed by atoms with E-state index in [9.17, 15) is 4.79 Å². The highest BCUT2D eigenvalue weighted by molar-refractivity contribution is 9.10. The van der Waals surface area contributed by atoms with Gasteiger partial charge in [-0.15, -0.1) is 0 Å². The van der Waals surface area contributed by atoms with E-state index in [4.69, 9.17) is 9.52 Å². The highest BCUT2D eigenvalue weighted by Gasteiger charge is 2.28. The third-order valence-corrected chi connectivity index (χ3v) is 5.69. The molecule has 1 saturated heterocycles. The molecule has 2 aromatic heterocycles.